The normalized spacial score (nSPS) is 10.5. The minimum Gasteiger partial charge on any atom is -0.399 e. The summed E-state index contributed by atoms with van der Waals surface area (Å²) in [5, 5.41) is 2.85. The number of benzene rings is 1. The number of nitrogens with one attached hydrogen (secondary N) is 1. The van der Waals surface area contributed by atoms with Gasteiger partial charge >= 0.3 is 0 Å². The summed E-state index contributed by atoms with van der Waals surface area (Å²) >= 11 is 3.08. The highest BCUT2D eigenvalue weighted by Crippen LogP contribution is 2.21. The van der Waals surface area contributed by atoms with Crippen LogP contribution < -0.4 is 11.1 Å². The van der Waals surface area contributed by atoms with Gasteiger partial charge in [0.25, 0.3) is 0 Å². The Morgan fingerprint density at radius 2 is 2.14 bits per heavy atom. The van der Waals surface area contributed by atoms with E-state index in [1.54, 1.807) is 36.0 Å². The number of rotatable bonds is 7. The molecule has 0 aliphatic rings. The monoisotopic (exact) mass is 322 g/mol. The summed E-state index contributed by atoms with van der Waals surface area (Å²) in [6, 6.07) is 7.14. The lowest BCUT2D eigenvalue weighted by Gasteiger charge is -2.05. The first kappa shape index (κ1) is 15.8. The quantitative estimate of drug-likeness (QED) is 0.465. The van der Waals surface area contributed by atoms with E-state index in [1.807, 2.05) is 6.92 Å². The molecule has 21 heavy (non-hydrogen) atoms. The first-order valence-corrected chi connectivity index (χ1v) is 8.54. The van der Waals surface area contributed by atoms with Crippen LogP contribution in [0.3, 0.4) is 0 Å². The molecule has 0 spiro atoms. The molecule has 0 aliphatic heterocycles. The zero-order chi connectivity index (χ0) is 15.1. The molecule has 1 aromatic heterocycles. The Bertz CT molecular complexity index is 583. The minimum absolute atomic E-state index is 0.0203. The number of anilines is 2. The number of nitrogen functional groups attached to an aromatic ring is 1. The van der Waals surface area contributed by atoms with Gasteiger partial charge in [0, 0.05) is 30.0 Å². The van der Waals surface area contributed by atoms with Crippen LogP contribution in [0.15, 0.2) is 28.6 Å². The highest BCUT2D eigenvalue weighted by atomic mass is 32.2. The zero-order valence-electron chi connectivity index (χ0n) is 11.8. The predicted molar refractivity (Wildman–Crippen MR) is 88.7 cm³/mol. The van der Waals surface area contributed by atoms with E-state index >= 15 is 0 Å². The first-order valence-electron chi connectivity index (χ1n) is 6.78. The highest BCUT2D eigenvalue weighted by molar-refractivity contribution is 8.00. The van der Waals surface area contributed by atoms with Gasteiger partial charge in [-0.1, -0.05) is 18.7 Å². The summed E-state index contributed by atoms with van der Waals surface area (Å²) in [4.78, 5) is 16.2. The third-order valence-electron chi connectivity index (χ3n) is 2.73. The summed E-state index contributed by atoms with van der Waals surface area (Å²) < 4.78 is 5.21. The van der Waals surface area contributed by atoms with Crippen molar-refractivity contribution in [1.29, 1.82) is 0 Å². The lowest BCUT2D eigenvalue weighted by Crippen LogP contribution is -2.11. The number of carbonyl (C=O) groups excluding carboxylic acids is 1. The van der Waals surface area contributed by atoms with Gasteiger partial charge in [-0.25, -0.2) is 4.98 Å². The number of amides is 1. The van der Waals surface area contributed by atoms with Crippen molar-refractivity contribution in [2.45, 2.75) is 30.5 Å². The fourth-order valence-electron chi connectivity index (χ4n) is 1.62. The van der Waals surface area contributed by atoms with Crippen molar-refractivity contribution in [2.75, 3.05) is 16.8 Å². The van der Waals surface area contributed by atoms with Crippen molar-refractivity contribution >= 4 is 40.6 Å². The molecular weight excluding hydrogens is 304 g/mol. The summed E-state index contributed by atoms with van der Waals surface area (Å²) in [6.07, 6.45) is 2.17. The average Bonchev–Trinajstić information content (AvgIpc) is 2.94. The Labute approximate surface area is 132 Å². The molecule has 2 rings (SSSR count). The Morgan fingerprint density at radius 1 is 1.38 bits per heavy atom. The first-order chi connectivity index (χ1) is 10.2. The van der Waals surface area contributed by atoms with E-state index in [9.17, 15) is 4.79 Å². The van der Waals surface area contributed by atoms with Crippen LogP contribution in [0.1, 0.15) is 25.6 Å². The minimum atomic E-state index is 0.0203. The maximum absolute atomic E-state index is 11.8. The summed E-state index contributed by atoms with van der Waals surface area (Å²) in [6.45, 7) is 2.04. The van der Waals surface area contributed by atoms with Crippen molar-refractivity contribution < 1.29 is 4.79 Å². The van der Waals surface area contributed by atoms with Crippen LogP contribution in [0, 0.1) is 0 Å². The van der Waals surface area contributed by atoms with E-state index in [1.165, 1.54) is 11.5 Å². The molecule has 2 aromatic rings. The highest BCUT2D eigenvalue weighted by Gasteiger charge is 2.05. The molecule has 112 valence electrons. The molecule has 1 aromatic carbocycles. The summed E-state index contributed by atoms with van der Waals surface area (Å²) in [5.74, 6) is 1.78. The van der Waals surface area contributed by atoms with E-state index < -0.39 is 0 Å². The standard InChI is InChI=1S/C14H18N4OS2/c1-2-12-17-14(21-18-12)20-9-3-4-13(19)16-11-7-5-10(15)6-8-11/h5-8H,2-4,9,15H2,1H3,(H,16,19). The molecule has 0 aliphatic carbocycles. The van der Waals surface area contributed by atoms with E-state index in [0.29, 0.717) is 12.1 Å². The van der Waals surface area contributed by atoms with Crippen LogP contribution >= 0.6 is 23.3 Å². The molecule has 0 saturated heterocycles. The molecule has 0 bridgehead atoms. The van der Waals surface area contributed by atoms with Gasteiger partial charge in [-0.15, -0.1) is 0 Å². The number of nitrogens with zero attached hydrogens (tertiary/aromatic N) is 2. The van der Waals surface area contributed by atoms with Crippen molar-refractivity contribution in [2.24, 2.45) is 0 Å². The fourth-order valence-corrected chi connectivity index (χ4v) is 3.33. The predicted octanol–water partition coefficient (Wildman–Crippen LogP) is 3.19. The largest absolute Gasteiger partial charge is 0.399 e. The Hall–Kier alpha value is -1.60. The van der Waals surface area contributed by atoms with Crippen molar-refractivity contribution in [3.05, 3.63) is 30.1 Å². The topological polar surface area (TPSA) is 80.9 Å². The van der Waals surface area contributed by atoms with Gasteiger partial charge in [0.2, 0.25) is 5.91 Å². The van der Waals surface area contributed by atoms with Gasteiger partial charge in [0.05, 0.1) is 0 Å². The second kappa shape index (κ2) is 7.99. The number of nitrogens with two attached hydrogens (primary N) is 1. The maximum Gasteiger partial charge on any atom is 0.224 e. The van der Waals surface area contributed by atoms with Gasteiger partial charge in [-0.2, -0.15) is 4.37 Å². The smallest absolute Gasteiger partial charge is 0.224 e. The van der Waals surface area contributed by atoms with E-state index in [0.717, 1.165) is 34.4 Å². The average molecular weight is 322 g/mol. The van der Waals surface area contributed by atoms with Crippen LogP contribution in [-0.4, -0.2) is 21.0 Å². The molecule has 3 N–H and O–H groups in total. The number of carbonyl (C=O) groups is 1. The molecule has 1 heterocycles. The summed E-state index contributed by atoms with van der Waals surface area (Å²) in [5.41, 5.74) is 7.06. The van der Waals surface area contributed by atoms with Crippen LogP contribution in [0.25, 0.3) is 0 Å². The van der Waals surface area contributed by atoms with Crippen molar-refractivity contribution in [1.82, 2.24) is 9.36 Å². The number of thioether (sulfide) groups is 1. The SMILES string of the molecule is CCc1nsc(SCCCC(=O)Nc2ccc(N)cc2)n1. The number of aryl methyl sites for hydroxylation is 1. The molecule has 7 heteroatoms. The molecule has 0 saturated carbocycles. The van der Waals surface area contributed by atoms with Gasteiger partial charge in [-0.3, -0.25) is 4.79 Å². The second-order valence-electron chi connectivity index (χ2n) is 4.45. The van der Waals surface area contributed by atoms with Crippen LogP contribution in [-0.2, 0) is 11.2 Å². The zero-order valence-corrected chi connectivity index (χ0v) is 13.5. The fraction of sp³-hybridized carbons (Fsp3) is 0.357. The maximum atomic E-state index is 11.8. The van der Waals surface area contributed by atoms with Gasteiger partial charge in [0.15, 0.2) is 4.34 Å². The Kier molecular flexibility index (Phi) is 6.01. The van der Waals surface area contributed by atoms with Crippen LogP contribution in [0.2, 0.25) is 0 Å². The molecule has 0 radical (unpaired) electrons. The van der Waals surface area contributed by atoms with E-state index in [2.05, 4.69) is 14.7 Å². The molecule has 0 atom stereocenters. The van der Waals surface area contributed by atoms with Crippen LogP contribution in [0.4, 0.5) is 11.4 Å². The molecule has 1 amide bonds. The number of aromatic nitrogens is 2. The van der Waals surface area contributed by atoms with Crippen LogP contribution in [0.5, 0.6) is 0 Å². The Morgan fingerprint density at radius 3 is 2.81 bits per heavy atom. The van der Waals surface area contributed by atoms with Crippen molar-refractivity contribution in [3.8, 4) is 0 Å². The number of hydrogen-bond acceptors (Lipinski definition) is 6. The van der Waals surface area contributed by atoms with Crippen molar-refractivity contribution in [3.63, 3.8) is 0 Å². The molecule has 5 nitrogen and oxygen atoms in total. The lowest BCUT2D eigenvalue weighted by atomic mass is 10.2. The van der Waals surface area contributed by atoms with E-state index in [4.69, 9.17) is 5.73 Å². The van der Waals surface area contributed by atoms with Gasteiger partial charge < -0.3 is 11.1 Å². The molecule has 0 fully saturated rings. The Balaban J connectivity index is 1.66. The second-order valence-corrected chi connectivity index (χ2v) is 6.55. The van der Waals surface area contributed by atoms with Gasteiger partial charge in [0.1, 0.15) is 5.82 Å². The number of hydrogen-bond donors (Lipinski definition) is 2. The molecular formula is C14H18N4OS2. The summed E-state index contributed by atoms with van der Waals surface area (Å²) in [7, 11) is 0. The van der Waals surface area contributed by atoms with Gasteiger partial charge in [-0.05, 0) is 42.2 Å². The third kappa shape index (κ3) is 5.35. The third-order valence-corrected chi connectivity index (χ3v) is 4.69. The molecule has 0 unspecified atom stereocenters. The lowest BCUT2D eigenvalue weighted by molar-refractivity contribution is -0.116. The van der Waals surface area contributed by atoms with E-state index in [-0.39, 0.29) is 5.91 Å².